The first-order valence-electron chi connectivity index (χ1n) is 14.5. The maximum atomic E-state index is 2.42. The Balaban J connectivity index is 1.66. The van der Waals surface area contributed by atoms with E-state index in [1.165, 1.54) is 44.0 Å². The van der Waals surface area contributed by atoms with Gasteiger partial charge in [-0.3, -0.25) is 0 Å². The molecule has 0 atom stereocenters. The zero-order chi connectivity index (χ0) is 28.5. The van der Waals surface area contributed by atoms with Crippen LogP contribution in [0.25, 0.3) is 21.5 Å². The van der Waals surface area contributed by atoms with E-state index in [2.05, 4.69) is 181 Å². The zero-order valence-electron chi connectivity index (χ0n) is 23.9. The van der Waals surface area contributed by atoms with Crippen molar-refractivity contribution in [3.05, 3.63) is 169 Å². The molecule has 0 amide bonds. The Labute approximate surface area is 247 Å². The van der Waals surface area contributed by atoms with Crippen LogP contribution >= 0.6 is 0 Å². The van der Waals surface area contributed by atoms with Crippen LogP contribution in [-0.2, 0) is 0 Å². The van der Waals surface area contributed by atoms with E-state index in [-0.39, 0.29) is 0 Å². The molecular formula is C40H32N2. The number of aryl methyl sites for hydroxylation is 2. The summed E-state index contributed by atoms with van der Waals surface area (Å²) in [6.07, 6.45) is 0. The molecule has 0 bridgehead atoms. The molecule has 0 saturated heterocycles. The smallest absolute Gasteiger partial charge is 0.0620 e. The van der Waals surface area contributed by atoms with Gasteiger partial charge in [0.05, 0.1) is 11.4 Å². The first kappa shape index (κ1) is 25.6. The van der Waals surface area contributed by atoms with Crippen LogP contribution in [0.2, 0.25) is 0 Å². The summed E-state index contributed by atoms with van der Waals surface area (Å²) in [5.41, 5.74) is 9.35. The summed E-state index contributed by atoms with van der Waals surface area (Å²) >= 11 is 0. The summed E-state index contributed by atoms with van der Waals surface area (Å²) in [7, 11) is 0. The van der Waals surface area contributed by atoms with Crippen molar-refractivity contribution in [1.29, 1.82) is 0 Å². The molecule has 0 radical (unpaired) electrons. The number of hydrogen-bond donors (Lipinski definition) is 0. The number of para-hydroxylation sites is 4. The van der Waals surface area contributed by atoms with Crippen LogP contribution in [0.3, 0.4) is 0 Å². The van der Waals surface area contributed by atoms with E-state index in [1.54, 1.807) is 0 Å². The van der Waals surface area contributed by atoms with Crippen LogP contribution in [0, 0.1) is 13.8 Å². The van der Waals surface area contributed by atoms with Gasteiger partial charge < -0.3 is 9.80 Å². The van der Waals surface area contributed by atoms with E-state index >= 15 is 0 Å². The van der Waals surface area contributed by atoms with E-state index in [0.29, 0.717) is 0 Å². The van der Waals surface area contributed by atoms with Crippen LogP contribution in [0.1, 0.15) is 11.1 Å². The van der Waals surface area contributed by atoms with Crippen molar-refractivity contribution < 1.29 is 0 Å². The molecule has 0 spiro atoms. The van der Waals surface area contributed by atoms with Crippen molar-refractivity contribution in [3.63, 3.8) is 0 Å². The highest BCUT2D eigenvalue weighted by Crippen LogP contribution is 2.51. The van der Waals surface area contributed by atoms with Gasteiger partial charge in [0.25, 0.3) is 0 Å². The lowest BCUT2D eigenvalue weighted by Crippen LogP contribution is -2.14. The predicted octanol–water partition coefficient (Wildman–Crippen LogP) is 11.5. The molecule has 0 aliphatic heterocycles. The Hall–Kier alpha value is -5.34. The zero-order valence-corrected chi connectivity index (χ0v) is 23.9. The van der Waals surface area contributed by atoms with Crippen LogP contribution in [0.15, 0.2) is 158 Å². The fourth-order valence-corrected chi connectivity index (χ4v) is 6.02. The quantitative estimate of drug-likeness (QED) is 0.153. The number of hydrogen-bond acceptors (Lipinski definition) is 2. The van der Waals surface area contributed by atoms with Gasteiger partial charge in [-0.15, -0.1) is 0 Å². The molecular weight excluding hydrogens is 508 g/mol. The van der Waals surface area contributed by atoms with Gasteiger partial charge in [-0.2, -0.15) is 0 Å². The van der Waals surface area contributed by atoms with Gasteiger partial charge in [0.2, 0.25) is 0 Å². The first-order chi connectivity index (χ1) is 20.7. The van der Waals surface area contributed by atoms with E-state index in [1.807, 2.05) is 0 Å². The maximum absolute atomic E-state index is 2.42. The molecule has 202 valence electrons. The van der Waals surface area contributed by atoms with Gasteiger partial charge in [-0.05, 0) is 74.5 Å². The molecule has 0 N–H and O–H groups in total. The van der Waals surface area contributed by atoms with Crippen molar-refractivity contribution in [2.45, 2.75) is 13.8 Å². The monoisotopic (exact) mass is 540 g/mol. The molecule has 0 unspecified atom stereocenters. The van der Waals surface area contributed by atoms with Gasteiger partial charge in [0.15, 0.2) is 0 Å². The van der Waals surface area contributed by atoms with E-state index in [4.69, 9.17) is 0 Å². The molecule has 0 aliphatic rings. The molecule has 42 heavy (non-hydrogen) atoms. The second kappa shape index (κ2) is 10.9. The Bertz CT molecular complexity index is 1760. The van der Waals surface area contributed by atoms with Gasteiger partial charge in [-0.1, -0.05) is 108 Å². The molecule has 7 rings (SSSR count). The average molecular weight is 541 g/mol. The minimum Gasteiger partial charge on any atom is -0.309 e. The fraction of sp³-hybridized carbons (Fsp3) is 0.0500. The molecule has 2 nitrogen and oxygen atoms in total. The summed E-state index contributed by atoms with van der Waals surface area (Å²) in [6, 6.07) is 56.6. The maximum Gasteiger partial charge on any atom is 0.0620 e. The minimum atomic E-state index is 1.13. The predicted molar refractivity (Wildman–Crippen MR) is 180 cm³/mol. The molecule has 0 saturated carbocycles. The number of benzene rings is 7. The van der Waals surface area contributed by atoms with Gasteiger partial charge in [-0.25, -0.2) is 0 Å². The normalized spacial score (nSPS) is 11.1. The van der Waals surface area contributed by atoms with E-state index < -0.39 is 0 Å². The summed E-state index contributed by atoms with van der Waals surface area (Å²) in [5, 5.41) is 4.84. The van der Waals surface area contributed by atoms with Crippen molar-refractivity contribution >= 4 is 55.7 Å². The topological polar surface area (TPSA) is 6.48 Å². The molecule has 0 heterocycles. The Morgan fingerprint density at radius 3 is 0.881 bits per heavy atom. The third kappa shape index (κ3) is 4.57. The van der Waals surface area contributed by atoms with Gasteiger partial charge >= 0.3 is 0 Å². The lowest BCUT2D eigenvalue weighted by molar-refractivity contribution is 1.29. The van der Waals surface area contributed by atoms with E-state index in [9.17, 15) is 0 Å². The highest BCUT2D eigenvalue weighted by atomic mass is 15.2. The lowest BCUT2D eigenvalue weighted by atomic mass is 9.93. The largest absolute Gasteiger partial charge is 0.309 e. The van der Waals surface area contributed by atoms with Crippen molar-refractivity contribution in [2.75, 3.05) is 9.80 Å². The van der Waals surface area contributed by atoms with Crippen molar-refractivity contribution in [3.8, 4) is 0 Å². The standard InChI is InChI=1S/C40H32N2/c1-29-23-25-35-37(27-29)39(41(31-15-7-3-8-16-31)32-17-9-4-10-18-32)36-26-24-30(2)28-38(36)40(35)42(33-19-11-5-12-20-33)34-21-13-6-14-22-34/h3-28H,1-2H3. The summed E-state index contributed by atoms with van der Waals surface area (Å²) in [5.74, 6) is 0. The third-order valence-electron chi connectivity index (χ3n) is 7.88. The SMILES string of the molecule is Cc1ccc2c(N(c3ccccc3)c3ccccc3)c3cc(C)ccc3c(N(c3ccccc3)c3ccccc3)c2c1. The molecule has 0 aromatic heterocycles. The summed E-state index contributed by atoms with van der Waals surface area (Å²) in [4.78, 5) is 4.83. The van der Waals surface area contributed by atoms with E-state index in [0.717, 1.165) is 22.7 Å². The number of nitrogens with zero attached hydrogens (tertiary/aromatic N) is 2. The Morgan fingerprint density at radius 1 is 0.310 bits per heavy atom. The molecule has 7 aromatic carbocycles. The fourth-order valence-electron chi connectivity index (χ4n) is 6.02. The van der Waals surface area contributed by atoms with Crippen molar-refractivity contribution in [2.24, 2.45) is 0 Å². The van der Waals surface area contributed by atoms with Crippen LogP contribution in [0.5, 0.6) is 0 Å². The van der Waals surface area contributed by atoms with Crippen LogP contribution in [-0.4, -0.2) is 0 Å². The van der Waals surface area contributed by atoms with Gasteiger partial charge in [0, 0.05) is 44.3 Å². The van der Waals surface area contributed by atoms with Crippen LogP contribution in [0.4, 0.5) is 34.1 Å². The second-order valence-electron chi connectivity index (χ2n) is 10.8. The Morgan fingerprint density at radius 2 is 0.595 bits per heavy atom. The van der Waals surface area contributed by atoms with Gasteiger partial charge in [0.1, 0.15) is 0 Å². The highest BCUT2D eigenvalue weighted by molar-refractivity contribution is 6.23. The number of anilines is 6. The van der Waals surface area contributed by atoms with Crippen molar-refractivity contribution in [1.82, 2.24) is 0 Å². The van der Waals surface area contributed by atoms with Crippen LogP contribution < -0.4 is 9.80 Å². The summed E-state index contributed by atoms with van der Waals surface area (Å²) in [6.45, 7) is 4.37. The Kier molecular flexibility index (Phi) is 6.65. The molecule has 7 aromatic rings. The molecule has 0 fully saturated rings. The highest BCUT2D eigenvalue weighted by Gasteiger charge is 2.25. The number of rotatable bonds is 6. The molecule has 0 aliphatic carbocycles. The summed E-state index contributed by atoms with van der Waals surface area (Å²) < 4.78 is 0. The third-order valence-corrected chi connectivity index (χ3v) is 7.88. The first-order valence-corrected chi connectivity index (χ1v) is 14.5. The average Bonchev–Trinajstić information content (AvgIpc) is 3.04. The lowest BCUT2D eigenvalue weighted by Gasteiger charge is -2.33. The second-order valence-corrected chi connectivity index (χ2v) is 10.8. The molecule has 2 heteroatoms. The minimum absolute atomic E-state index is 1.13. The number of fused-ring (bicyclic) bond motifs is 2.